The molecule has 1 aliphatic heterocycles. The van der Waals surface area contributed by atoms with E-state index >= 15 is 0 Å². The molecule has 202 valence electrons. The van der Waals surface area contributed by atoms with Gasteiger partial charge in [-0.1, -0.05) is 60.1 Å². The van der Waals surface area contributed by atoms with E-state index in [1.165, 1.54) is 0 Å². The van der Waals surface area contributed by atoms with Gasteiger partial charge in [0.2, 0.25) is 0 Å². The third kappa shape index (κ3) is 5.76. The van der Waals surface area contributed by atoms with E-state index in [0.29, 0.717) is 30.6 Å². The number of rotatable bonds is 6. The molecule has 1 amide bonds. The van der Waals surface area contributed by atoms with E-state index < -0.39 is 5.60 Å². The van der Waals surface area contributed by atoms with Gasteiger partial charge in [0.05, 0.1) is 27.4 Å². The van der Waals surface area contributed by atoms with Gasteiger partial charge in [-0.25, -0.2) is 0 Å². The molecule has 1 aromatic heterocycles. The number of anilines is 1. The molecule has 0 radical (unpaired) electrons. The zero-order valence-electron chi connectivity index (χ0n) is 22.0. The highest BCUT2D eigenvalue weighted by molar-refractivity contribution is 6.33. The van der Waals surface area contributed by atoms with Gasteiger partial charge in [-0.15, -0.1) is 12.4 Å². The lowest BCUT2D eigenvalue weighted by molar-refractivity contribution is 0.0196. The molecule has 2 heterocycles. The minimum Gasteiger partial charge on any atom is -0.390 e. The summed E-state index contributed by atoms with van der Waals surface area (Å²) in [5.41, 5.74) is 5.97. The lowest BCUT2D eigenvalue weighted by Crippen LogP contribution is -2.35. The molecule has 1 saturated carbocycles. The quantitative estimate of drug-likeness (QED) is 0.259. The second-order valence-corrected chi connectivity index (χ2v) is 11.3. The Balaban J connectivity index is 0.00000308. The van der Waals surface area contributed by atoms with Crippen LogP contribution in [0.4, 0.5) is 5.69 Å². The first-order chi connectivity index (χ1) is 18.4. The number of hydrogen-bond donors (Lipinski definition) is 2. The van der Waals surface area contributed by atoms with Gasteiger partial charge in [0.1, 0.15) is 0 Å². The molecule has 39 heavy (non-hydrogen) atoms. The molecule has 1 aliphatic carbocycles. The summed E-state index contributed by atoms with van der Waals surface area (Å²) in [6.45, 7) is 3.14. The van der Waals surface area contributed by atoms with E-state index in [2.05, 4.69) is 23.5 Å². The van der Waals surface area contributed by atoms with Crippen molar-refractivity contribution < 1.29 is 9.90 Å². The molecule has 4 aromatic rings. The maximum Gasteiger partial charge on any atom is 0.255 e. The normalized spacial score (nSPS) is 20.5. The van der Waals surface area contributed by atoms with Crippen LogP contribution >= 0.6 is 24.0 Å². The van der Waals surface area contributed by atoms with Crippen molar-refractivity contribution >= 4 is 46.5 Å². The molecule has 2 N–H and O–H groups in total. The summed E-state index contributed by atoms with van der Waals surface area (Å²) in [7, 11) is 0. The van der Waals surface area contributed by atoms with Crippen LogP contribution in [0.5, 0.6) is 0 Å². The number of pyridine rings is 1. The van der Waals surface area contributed by atoms with Gasteiger partial charge < -0.3 is 15.3 Å². The number of halogens is 2. The summed E-state index contributed by atoms with van der Waals surface area (Å²) in [4.78, 5) is 20.2. The Bertz CT molecular complexity index is 1510. The molecule has 2 aliphatic rings. The lowest BCUT2D eigenvalue weighted by Gasteiger charge is -2.34. The molecular weight excluding hydrogens is 529 g/mol. The van der Waals surface area contributed by atoms with Crippen molar-refractivity contribution in [1.29, 1.82) is 0 Å². The van der Waals surface area contributed by atoms with Crippen LogP contribution in [0.3, 0.4) is 0 Å². The fraction of sp³-hybridized carbons (Fsp3) is 0.312. The fourth-order valence-corrected chi connectivity index (χ4v) is 5.98. The molecule has 1 fully saturated rings. The Morgan fingerprint density at radius 1 is 1.05 bits per heavy atom. The number of para-hydroxylation sites is 1. The zero-order chi connectivity index (χ0) is 26.3. The van der Waals surface area contributed by atoms with Crippen molar-refractivity contribution in [2.24, 2.45) is 0 Å². The van der Waals surface area contributed by atoms with Crippen LogP contribution in [-0.2, 0) is 13.0 Å². The summed E-state index contributed by atoms with van der Waals surface area (Å²) in [6.07, 6.45) is 4.10. The predicted molar refractivity (Wildman–Crippen MR) is 161 cm³/mol. The molecule has 0 spiro atoms. The van der Waals surface area contributed by atoms with Gasteiger partial charge in [-0.2, -0.15) is 0 Å². The Morgan fingerprint density at radius 2 is 1.85 bits per heavy atom. The SMILES string of the molecule is CC1(O)CCC(Nc2ccc(-c3cccc4c3C(=O)N(CCc3ccc5ccccc5n3)C4)cc2Cl)CC1.Cl. The topological polar surface area (TPSA) is 65.5 Å². The Morgan fingerprint density at radius 3 is 2.64 bits per heavy atom. The molecule has 0 atom stereocenters. The summed E-state index contributed by atoms with van der Waals surface area (Å²) < 4.78 is 0. The highest BCUT2D eigenvalue weighted by atomic mass is 35.5. The first kappa shape index (κ1) is 27.4. The number of aliphatic hydroxyl groups is 1. The van der Waals surface area contributed by atoms with Crippen LogP contribution in [0.15, 0.2) is 72.8 Å². The van der Waals surface area contributed by atoms with Crippen molar-refractivity contribution in [3.63, 3.8) is 0 Å². The fourth-order valence-electron chi connectivity index (χ4n) is 5.74. The minimum atomic E-state index is -0.564. The average Bonchev–Trinajstić information content (AvgIpc) is 3.25. The monoisotopic (exact) mass is 561 g/mol. The highest BCUT2D eigenvalue weighted by Crippen LogP contribution is 2.37. The lowest BCUT2D eigenvalue weighted by atomic mass is 9.83. The number of hydrogen-bond acceptors (Lipinski definition) is 4. The third-order valence-electron chi connectivity index (χ3n) is 8.01. The first-order valence-corrected chi connectivity index (χ1v) is 13.8. The van der Waals surface area contributed by atoms with E-state index in [-0.39, 0.29) is 18.3 Å². The van der Waals surface area contributed by atoms with Gasteiger partial charge in [-0.3, -0.25) is 9.78 Å². The van der Waals surface area contributed by atoms with E-state index in [4.69, 9.17) is 16.6 Å². The minimum absolute atomic E-state index is 0. The molecule has 7 heteroatoms. The number of amides is 1. The molecule has 0 bridgehead atoms. The smallest absolute Gasteiger partial charge is 0.255 e. The average molecular weight is 563 g/mol. The predicted octanol–water partition coefficient (Wildman–Crippen LogP) is 7.28. The van der Waals surface area contributed by atoms with Gasteiger partial charge in [-0.05, 0) is 73.6 Å². The molecule has 5 nitrogen and oxygen atoms in total. The van der Waals surface area contributed by atoms with Crippen molar-refractivity contribution in [3.8, 4) is 11.1 Å². The Hall–Kier alpha value is -3.12. The number of aromatic nitrogens is 1. The van der Waals surface area contributed by atoms with E-state index in [1.54, 1.807) is 0 Å². The Kier molecular flexibility index (Phi) is 7.86. The summed E-state index contributed by atoms with van der Waals surface area (Å²) >= 11 is 6.72. The number of carbonyl (C=O) groups is 1. The summed E-state index contributed by atoms with van der Waals surface area (Å²) in [5.74, 6) is 0.0592. The number of benzene rings is 3. The third-order valence-corrected chi connectivity index (χ3v) is 8.32. The molecule has 0 unspecified atom stereocenters. The standard InChI is InChI=1S/C32H32ClN3O2.ClH/c1-32(38)16-13-25(14-17-32)35-29-12-10-22(19-27(29)33)26-7-4-6-23-20-36(31(37)30(23)26)18-15-24-11-9-21-5-2-3-8-28(21)34-24;/h2-12,19,25,35,38H,13-18,20H2,1H3;1H. The second-order valence-electron chi connectivity index (χ2n) is 10.9. The van der Waals surface area contributed by atoms with Crippen LogP contribution in [-0.4, -0.2) is 39.1 Å². The molecule has 0 saturated heterocycles. The van der Waals surface area contributed by atoms with Crippen LogP contribution in [0.25, 0.3) is 22.0 Å². The van der Waals surface area contributed by atoms with E-state index in [0.717, 1.165) is 70.2 Å². The second kappa shape index (κ2) is 11.2. The van der Waals surface area contributed by atoms with E-state index in [1.807, 2.05) is 66.4 Å². The number of nitrogens with zero attached hydrogens (tertiary/aromatic N) is 2. The van der Waals surface area contributed by atoms with Crippen molar-refractivity contribution in [2.45, 2.75) is 57.2 Å². The molecule has 3 aromatic carbocycles. The summed E-state index contributed by atoms with van der Waals surface area (Å²) in [5, 5.41) is 15.6. The zero-order valence-corrected chi connectivity index (χ0v) is 23.6. The van der Waals surface area contributed by atoms with Crippen LogP contribution in [0.1, 0.15) is 54.2 Å². The van der Waals surface area contributed by atoms with Gasteiger partial charge in [0, 0.05) is 36.6 Å². The maximum atomic E-state index is 13.5. The highest BCUT2D eigenvalue weighted by Gasteiger charge is 2.31. The number of carbonyl (C=O) groups excluding carboxylic acids is 1. The van der Waals surface area contributed by atoms with Crippen molar-refractivity contribution in [1.82, 2.24) is 9.88 Å². The molecule has 6 rings (SSSR count). The van der Waals surface area contributed by atoms with Crippen LogP contribution in [0, 0.1) is 0 Å². The Labute approximate surface area is 240 Å². The number of fused-ring (bicyclic) bond motifs is 2. The van der Waals surface area contributed by atoms with Crippen molar-refractivity contribution in [3.05, 3.63) is 94.6 Å². The first-order valence-electron chi connectivity index (χ1n) is 13.4. The van der Waals surface area contributed by atoms with E-state index in [9.17, 15) is 9.90 Å². The molecular formula is C32H33Cl2N3O2. The largest absolute Gasteiger partial charge is 0.390 e. The van der Waals surface area contributed by atoms with Gasteiger partial charge in [0.15, 0.2) is 0 Å². The van der Waals surface area contributed by atoms with Gasteiger partial charge in [0.25, 0.3) is 5.91 Å². The maximum absolute atomic E-state index is 13.5. The van der Waals surface area contributed by atoms with Crippen LogP contribution < -0.4 is 5.32 Å². The van der Waals surface area contributed by atoms with Crippen LogP contribution in [0.2, 0.25) is 5.02 Å². The summed E-state index contributed by atoms with van der Waals surface area (Å²) in [6, 6.07) is 24.6. The number of nitrogens with one attached hydrogen (secondary N) is 1. The van der Waals surface area contributed by atoms with Crippen molar-refractivity contribution in [2.75, 3.05) is 11.9 Å². The van der Waals surface area contributed by atoms with Gasteiger partial charge >= 0.3 is 0 Å².